The quantitative estimate of drug-likeness (QED) is 0.745. The summed E-state index contributed by atoms with van der Waals surface area (Å²) in [7, 11) is 0. The second-order valence-corrected chi connectivity index (χ2v) is 7.11. The molecule has 26 heavy (non-hydrogen) atoms. The summed E-state index contributed by atoms with van der Waals surface area (Å²) in [5.41, 5.74) is -0.497. The van der Waals surface area contributed by atoms with Crippen molar-refractivity contribution < 1.29 is 28.3 Å². The Kier molecular flexibility index (Phi) is 6.01. The topological polar surface area (TPSA) is 118 Å². The Morgan fingerprint density at radius 2 is 2.08 bits per heavy atom. The van der Waals surface area contributed by atoms with Gasteiger partial charge < -0.3 is 19.4 Å². The Morgan fingerprint density at radius 3 is 2.69 bits per heavy atom. The van der Waals surface area contributed by atoms with Gasteiger partial charge in [-0.05, 0) is 32.9 Å². The lowest BCUT2D eigenvalue weighted by molar-refractivity contribution is -0.152. The number of rotatable bonds is 5. The van der Waals surface area contributed by atoms with Crippen molar-refractivity contribution in [3.05, 3.63) is 24.2 Å². The van der Waals surface area contributed by atoms with Crippen LogP contribution in [0.3, 0.4) is 0 Å². The Hall–Kier alpha value is -2.84. The van der Waals surface area contributed by atoms with Crippen LogP contribution < -0.4 is 10.6 Å². The summed E-state index contributed by atoms with van der Waals surface area (Å²) in [6, 6.07) is 2.79. The highest BCUT2D eigenvalue weighted by molar-refractivity contribution is 5.96. The third-order valence-corrected chi connectivity index (χ3v) is 3.56. The molecule has 2 N–H and O–H groups in total. The highest BCUT2D eigenvalue weighted by Gasteiger charge is 2.36. The molecule has 0 bridgehead atoms. The van der Waals surface area contributed by atoms with E-state index in [9.17, 15) is 19.2 Å². The lowest BCUT2D eigenvalue weighted by atomic mass is 10.1. The van der Waals surface area contributed by atoms with Crippen LogP contribution in [0, 0.1) is 5.92 Å². The van der Waals surface area contributed by atoms with Gasteiger partial charge in [-0.3, -0.25) is 19.7 Å². The molecule has 1 fully saturated rings. The number of nitrogens with one attached hydrogen (secondary N) is 2. The number of furan rings is 1. The van der Waals surface area contributed by atoms with E-state index in [1.165, 1.54) is 11.2 Å². The molecule has 1 aliphatic rings. The van der Waals surface area contributed by atoms with E-state index in [2.05, 4.69) is 10.6 Å². The molecule has 2 rings (SSSR count). The zero-order valence-corrected chi connectivity index (χ0v) is 15.0. The fourth-order valence-electron chi connectivity index (χ4n) is 2.46. The van der Waals surface area contributed by atoms with E-state index in [-0.39, 0.29) is 25.4 Å². The van der Waals surface area contributed by atoms with Gasteiger partial charge in [-0.25, -0.2) is 4.79 Å². The number of ether oxygens (including phenoxy) is 1. The molecule has 1 atom stereocenters. The molecule has 1 aromatic rings. The summed E-state index contributed by atoms with van der Waals surface area (Å²) in [5.74, 6) is -1.59. The summed E-state index contributed by atoms with van der Waals surface area (Å²) >= 11 is 0. The molecule has 0 saturated carbocycles. The van der Waals surface area contributed by atoms with Gasteiger partial charge in [0.2, 0.25) is 5.91 Å². The molecule has 9 heteroatoms. The largest absolute Gasteiger partial charge is 0.467 e. The molecule has 1 aliphatic heterocycles. The van der Waals surface area contributed by atoms with E-state index in [4.69, 9.17) is 9.15 Å². The van der Waals surface area contributed by atoms with E-state index >= 15 is 0 Å². The Balaban J connectivity index is 1.75. The molecule has 9 nitrogen and oxygen atoms in total. The van der Waals surface area contributed by atoms with E-state index in [0.717, 1.165) is 0 Å². The molecule has 142 valence electrons. The first-order chi connectivity index (χ1) is 12.1. The van der Waals surface area contributed by atoms with Gasteiger partial charge in [0.1, 0.15) is 5.76 Å². The lowest BCUT2D eigenvalue weighted by Crippen LogP contribution is -2.49. The Bertz CT molecular complexity index is 677. The first-order valence-electron chi connectivity index (χ1n) is 8.23. The molecule has 0 unspecified atom stereocenters. The van der Waals surface area contributed by atoms with Crippen LogP contribution in [0.2, 0.25) is 0 Å². The van der Waals surface area contributed by atoms with Gasteiger partial charge in [-0.1, -0.05) is 0 Å². The number of esters is 1. The SMILES string of the molecule is CC(C)(C)NC(=O)NC(=O)COC(=O)[C@H]1CC(=O)N(Cc2ccco2)C1. The number of amides is 4. The van der Waals surface area contributed by atoms with E-state index < -0.39 is 36.0 Å². The Labute approximate surface area is 151 Å². The smallest absolute Gasteiger partial charge is 0.321 e. The fraction of sp³-hybridized carbons (Fsp3) is 0.529. The van der Waals surface area contributed by atoms with Crippen molar-refractivity contribution in [2.24, 2.45) is 5.92 Å². The first-order valence-corrected chi connectivity index (χ1v) is 8.23. The number of hydrogen-bond donors (Lipinski definition) is 2. The average Bonchev–Trinajstić information content (AvgIpc) is 3.14. The molecule has 1 saturated heterocycles. The zero-order chi connectivity index (χ0) is 19.3. The highest BCUT2D eigenvalue weighted by atomic mass is 16.5. The normalized spacial score (nSPS) is 17.1. The van der Waals surface area contributed by atoms with Crippen molar-refractivity contribution in [2.45, 2.75) is 39.3 Å². The maximum absolute atomic E-state index is 12.1. The third kappa shape index (κ3) is 5.91. The van der Waals surface area contributed by atoms with Crippen LogP contribution in [0.4, 0.5) is 4.79 Å². The van der Waals surface area contributed by atoms with Gasteiger partial charge in [0, 0.05) is 18.5 Å². The summed E-state index contributed by atoms with van der Waals surface area (Å²) < 4.78 is 10.1. The molecule has 0 aromatic carbocycles. The van der Waals surface area contributed by atoms with Crippen molar-refractivity contribution in [2.75, 3.05) is 13.2 Å². The minimum Gasteiger partial charge on any atom is -0.467 e. The number of hydrogen-bond acceptors (Lipinski definition) is 6. The molecule has 2 heterocycles. The minimum atomic E-state index is -0.739. The molecule has 0 aliphatic carbocycles. The predicted molar refractivity (Wildman–Crippen MR) is 89.6 cm³/mol. The van der Waals surface area contributed by atoms with Crippen molar-refractivity contribution in [1.29, 1.82) is 0 Å². The van der Waals surface area contributed by atoms with Crippen LogP contribution >= 0.6 is 0 Å². The van der Waals surface area contributed by atoms with Crippen molar-refractivity contribution in [3.8, 4) is 0 Å². The maximum Gasteiger partial charge on any atom is 0.321 e. The number of carbonyl (C=O) groups excluding carboxylic acids is 4. The first kappa shape index (κ1) is 19.5. The van der Waals surface area contributed by atoms with E-state index in [1.54, 1.807) is 32.9 Å². The van der Waals surface area contributed by atoms with Gasteiger partial charge in [-0.2, -0.15) is 0 Å². The van der Waals surface area contributed by atoms with Gasteiger partial charge in [0.15, 0.2) is 6.61 Å². The summed E-state index contributed by atoms with van der Waals surface area (Å²) in [4.78, 5) is 48.8. The average molecular weight is 365 g/mol. The van der Waals surface area contributed by atoms with Crippen molar-refractivity contribution in [3.63, 3.8) is 0 Å². The zero-order valence-electron chi connectivity index (χ0n) is 15.0. The molecular formula is C17H23N3O6. The number of imide groups is 1. The van der Waals surface area contributed by atoms with Crippen LogP contribution in [0.25, 0.3) is 0 Å². The summed E-state index contributed by atoms with van der Waals surface area (Å²) in [6.45, 7) is 5.20. The molecule has 1 aromatic heterocycles. The third-order valence-electron chi connectivity index (χ3n) is 3.56. The second-order valence-electron chi connectivity index (χ2n) is 7.11. The van der Waals surface area contributed by atoms with E-state index in [1.807, 2.05) is 0 Å². The minimum absolute atomic E-state index is 0.0195. The van der Waals surface area contributed by atoms with Gasteiger partial charge in [-0.15, -0.1) is 0 Å². The van der Waals surface area contributed by atoms with Crippen molar-refractivity contribution >= 4 is 23.8 Å². The lowest BCUT2D eigenvalue weighted by Gasteiger charge is -2.20. The number of urea groups is 1. The van der Waals surface area contributed by atoms with Gasteiger partial charge in [0.25, 0.3) is 5.91 Å². The predicted octanol–water partition coefficient (Wildman–Crippen LogP) is 0.796. The summed E-state index contributed by atoms with van der Waals surface area (Å²) in [6.07, 6.45) is 1.53. The van der Waals surface area contributed by atoms with Crippen LogP contribution in [-0.2, 0) is 25.7 Å². The number of nitrogens with zero attached hydrogens (tertiary/aromatic N) is 1. The standard InChI is InChI=1S/C17H23N3O6/c1-17(2,3)19-16(24)18-13(21)10-26-15(23)11-7-14(22)20(8-11)9-12-5-4-6-25-12/h4-6,11H,7-10H2,1-3H3,(H2,18,19,21,24)/t11-/m0/s1. The Morgan fingerprint density at radius 1 is 1.35 bits per heavy atom. The van der Waals surface area contributed by atoms with Crippen LogP contribution in [0.1, 0.15) is 33.0 Å². The number of likely N-dealkylation sites (tertiary alicyclic amines) is 1. The van der Waals surface area contributed by atoms with Crippen molar-refractivity contribution in [1.82, 2.24) is 15.5 Å². The monoisotopic (exact) mass is 365 g/mol. The molecule has 0 radical (unpaired) electrons. The van der Waals surface area contributed by atoms with Gasteiger partial charge >= 0.3 is 12.0 Å². The fourth-order valence-corrected chi connectivity index (χ4v) is 2.46. The highest BCUT2D eigenvalue weighted by Crippen LogP contribution is 2.21. The molecule has 0 spiro atoms. The number of carbonyl (C=O) groups is 4. The van der Waals surface area contributed by atoms with Crippen LogP contribution in [-0.4, -0.2) is 47.4 Å². The molecule has 4 amide bonds. The van der Waals surface area contributed by atoms with Crippen LogP contribution in [0.5, 0.6) is 0 Å². The second kappa shape index (κ2) is 8.03. The maximum atomic E-state index is 12.1. The molecular weight excluding hydrogens is 342 g/mol. The van der Waals surface area contributed by atoms with Crippen LogP contribution in [0.15, 0.2) is 22.8 Å². The summed E-state index contributed by atoms with van der Waals surface area (Å²) in [5, 5.41) is 4.63. The van der Waals surface area contributed by atoms with E-state index in [0.29, 0.717) is 5.76 Å². The van der Waals surface area contributed by atoms with Gasteiger partial charge in [0.05, 0.1) is 18.7 Å².